The monoisotopic (exact) mass is 287 g/mol. The first-order valence-corrected chi connectivity index (χ1v) is 7.68. The highest BCUT2D eigenvalue weighted by Gasteiger charge is 2.22. The van der Waals surface area contributed by atoms with Gasteiger partial charge in [-0.15, -0.1) is 0 Å². The van der Waals surface area contributed by atoms with Crippen LogP contribution in [0.2, 0.25) is 0 Å². The first-order valence-electron chi connectivity index (χ1n) is 6.86. The second-order valence-corrected chi connectivity index (χ2v) is 6.08. The standard InChI is InChI=1S/C15H17N3OS/c16-15-18-12(10-6-2-1-3-7-10)13(20-15)14(19)17-11-8-4-5-9-11/h1-3,6-7,11H,4-5,8-9H2,(H2,16,18)(H,17,19). The Morgan fingerprint density at radius 2 is 1.95 bits per heavy atom. The highest BCUT2D eigenvalue weighted by atomic mass is 32.1. The Morgan fingerprint density at radius 1 is 1.25 bits per heavy atom. The van der Waals surface area contributed by atoms with Gasteiger partial charge < -0.3 is 11.1 Å². The summed E-state index contributed by atoms with van der Waals surface area (Å²) in [6, 6.07) is 10.0. The zero-order chi connectivity index (χ0) is 13.9. The molecule has 0 radical (unpaired) electrons. The number of nitrogens with one attached hydrogen (secondary N) is 1. The molecule has 0 saturated heterocycles. The third-order valence-electron chi connectivity index (χ3n) is 3.59. The van der Waals surface area contributed by atoms with Crippen molar-refractivity contribution in [3.8, 4) is 11.3 Å². The minimum Gasteiger partial charge on any atom is -0.375 e. The van der Waals surface area contributed by atoms with Crippen molar-refractivity contribution in [2.24, 2.45) is 0 Å². The molecule has 1 aromatic heterocycles. The van der Waals surface area contributed by atoms with Crippen molar-refractivity contribution >= 4 is 22.4 Å². The van der Waals surface area contributed by atoms with E-state index in [4.69, 9.17) is 5.73 Å². The number of thiazole rings is 1. The lowest BCUT2D eigenvalue weighted by Gasteiger charge is -2.11. The SMILES string of the molecule is Nc1nc(-c2ccccc2)c(C(=O)NC2CCCC2)s1. The van der Waals surface area contributed by atoms with Gasteiger partial charge in [-0.25, -0.2) is 4.98 Å². The van der Waals surface area contributed by atoms with Gasteiger partial charge in [0.25, 0.3) is 5.91 Å². The summed E-state index contributed by atoms with van der Waals surface area (Å²) in [6.45, 7) is 0. The Hall–Kier alpha value is -1.88. The summed E-state index contributed by atoms with van der Waals surface area (Å²) in [5, 5.41) is 3.53. The van der Waals surface area contributed by atoms with Crippen molar-refractivity contribution in [3.05, 3.63) is 35.2 Å². The van der Waals surface area contributed by atoms with E-state index >= 15 is 0 Å². The number of nitrogens with two attached hydrogens (primary N) is 1. The van der Waals surface area contributed by atoms with Crippen LogP contribution in [0, 0.1) is 0 Å². The van der Waals surface area contributed by atoms with Crippen molar-refractivity contribution in [3.63, 3.8) is 0 Å². The van der Waals surface area contributed by atoms with Crippen molar-refractivity contribution in [1.29, 1.82) is 0 Å². The molecule has 5 heteroatoms. The van der Waals surface area contributed by atoms with E-state index < -0.39 is 0 Å². The highest BCUT2D eigenvalue weighted by Crippen LogP contribution is 2.30. The molecule has 1 aromatic carbocycles. The number of carbonyl (C=O) groups excluding carboxylic acids is 1. The Kier molecular flexibility index (Phi) is 3.69. The fourth-order valence-corrected chi connectivity index (χ4v) is 3.36. The molecule has 20 heavy (non-hydrogen) atoms. The van der Waals surface area contributed by atoms with Crippen LogP contribution in [0.25, 0.3) is 11.3 Å². The maximum absolute atomic E-state index is 12.4. The van der Waals surface area contributed by atoms with Gasteiger partial charge in [-0.3, -0.25) is 4.79 Å². The molecule has 3 N–H and O–H groups in total. The minimum absolute atomic E-state index is 0.0510. The molecule has 0 bridgehead atoms. The number of nitrogens with zero attached hydrogens (tertiary/aromatic N) is 1. The number of anilines is 1. The van der Waals surface area contributed by atoms with E-state index in [1.165, 1.54) is 24.2 Å². The van der Waals surface area contributed by atoms with Crippen molar-refractivity contribution < 1.29 is 4.79 Å². The molecule has 0 unspecified atom stereocenters. The van der Waals surface area contributed by atoms with E-state index in [0.717, 1.165) is 18.4 Å². The molecule has 1 saturated carbocycles. The van der Waals surface area contributed by atoms with Gasteiger partial charge in [-0.1, -0.05) is 54.5 Å². The molecule has 1 fully saturated rings. The van der Waals surface area contributed by atoms with Crippen LogP contribution in [0.1, 0.15) is 35.4 Å². The van der Waals surface area contributed by atoms with Gasteiger partial charge in [-0.05, 0) is 12.8 Å². The van der Waals surface area contributed by atoms with Crippen molar-refractivity contribution in [1.82, 2.24) is 10.3 Å². The summed E-state index contributed by atoms with van der Waals surface area (Å²) in [4.78, 5) is 17.3. The van der Waals surface area contributed by atoms with Crippen LogP contribution in [0.4, 0.5) is 5.13 Å². The molecule has 4 nitrogen and oxygen atoms in total. The quantitative estimate of drug-likeness (QED) is 0.911. The fraction of sp³-hybridized carbons (Fsp3) is 0.333. The van der Waals surface area contributed by atoms with Gasteiger partial charge in [0.1, 0.15) is 4.88 Å². The van der Waals surface area contributed by atoms with E-state index in [1.54, 1.807) is 0 Å². The first kappa shape index (κ1) is 13.1. The molecule has 0 spiro atoms. The Bertz CT molecular complexity index is 603. The lowest BCUT2D eigenvalue weighted by Crippen LogP contribution is -2.32. The summed E-state index contributed by atoms with van der Waals surface area (Å²) in [5.74, 6) is -0.0510. The molecule has 2 aromatic rings. The lowest BCUT2D eigenvalue weighted by atomic mass is 10.1. The molecule has 104 valence electrons. The van der Waals surface area contributed by atoms with Gasteiger partial charge in [-0.2, -0.15) is 0 Å². The molecule has 0 aliphatic heterocycles. The number of amides is 1. The second kappa shape index (κ2) is 5.63. The zero-order valence-corrected chi connectivity index (χ0v) is 12.0. The van der Waals surface area contributed by atoms with Crippen LogP contribution in [0.3, 0.4) is 0 Å². The molecule has 1 heterocycles. The maximum Gasteiger partial charge on any atom is 0.263 e. The zero-order valence-electron chi connectivity index (χ0n) is 11.1. The fourth-order valence-electron chi connectivity index (χ4n) is 2.60. The molecular weight excluding hydrogens is 270 g/mol. The first-order chi connectivity index (χ1) is 9.74. The number of hydrogen-bond donors (Lipinski definition) is 2. The average Bonchev–Trinajstić information content (AvgIpc) is 3.09. The normalized spacial score (nSPS) is 15.4. The molecular formula is C15H17N3OS. The van der Waals surface area contributed by atoms with E-state index in [1.807, 2.05) is 30.3 Å². The van der Waals surface area contributed by atoms with Gasteiger partial charge in [0.05, 0.1) is 5.69 Å². The predicted molar refractivity (Wildman–Crippen MR) is 81.7 cm³/mol. The van der Waals surface area contributed by atoms with E-state index in [-0.39, 0.29) is 5.91 Å². The van der Waals surface area contributed by atoms with Crippen LogP contribution in [0.15, 0.2) is 30.3 Å². The second-order valence-electron chi connectivity index (χ2n) is 5.05. The van der Waals surface area contributed by atoms with Crippen molar-refractivity contribution in [2.45, 2.75) is 31.7 Å². The Labute approximate surface area is 122 Å². The molecule has 1 aliphatic rings. The number of benzene rings is 1. The number of rotatable bonds is 3. The van der Waals surface area contributed by atoms with Gasteiger partial charge in [0, 0.05) is 11.6 Å². The lowest BCUT2D eigenvalue weighted by molar-refractivity contribution is 0.0942. The molecule has 3 rings (SSSR count). The Morgan fingerprint density at radius 3 is 2.65 bits per heavy atom. The van der Waals surface area contributed by atoms with Crippen LogP contribution in [0.5, 0.6) is 0 Å². The predicted octanol–water partition coefficient (Wildman–Crippen LogP) is 3.06. The van der Waals surface area contributed by atoms with Gasteiger partial charge in [0.2, 0.25) is 0 Å². The van der Waals surface area contributed by atoms with E-state index in [9.17, 15) is 4.79 Å². The summed E-state index contributed by atoms with van der Waals surface area (Å²) < 4.78 is 0. The largest absolute Gasteiger partial charge is 0.375 e. The number of carbonyl (C=O) groups is 1. The highest BCUT2D eigenvalue weighted by molar-refractivity contribution is 7.17. The van der Waals surface area contributed by atoms with Crippen molar-refractivity contribution in [2.75, 3.05) is 5.73 Å². The van der Waals surface area contributed by atoms with Gasteiger partial charge in [0.15, 0.2) is 5.13 Å². The van der Waals surface area contributed by atoms with Crippen LogP contribution < -0.4 is 11.1 Å². The summed E-state index contributed by atoms with van der Waals surface area (Å²) in [7, 11) is 0. The number of aromatic nitrogens is 1. The summed E-state index contributed by atoms with van der Waals surface area (Å²) in [5.41, 5.74) is 7.40. The molecule has 1 amide bonds. The molecule has 0 atom stereocenters. The topological polar surface area (TPSA) is 68.0 Å². The summed E-state index contributed by atoms with van der Waals surface area (Å²) >= 11 is 1.26. The smallest absolute Gasteiger partial charge is 0.263 e. The van der Waals surface area contributed by atoms with Crippen LogP contribution >= 0.6 is 11.3 Å². The summed E-state index contributed by atoms with van der Waals surface area (Å²) in [6.07, 6.45) is 4.53. The average molecular weight is 287 g/mol. The third kappa shape index (κ3) is 2.67. The minimum atomic E-state index is -0.0510. The number of hydrogen-bond acceptors (Lipinski definition) is 4. The van der Waals surface area contributed by atoms with Crippen LogP contribution in [-0.4, -0.2) is 16.9 Å². The third-order valence-corrected chi connectivity index (χ3v) is 4.47. The van der Waals surface area contributed by atoms with Gasteiger partial charge >= 0.3 is 0 Å². The van der Waals surface area contributed by atoms with Crippen LogP contribution in [-0.2, 0) is 0 Å². The molecule has 1 aliphatic carbocycles. The maximum atomic E-state index is 12.4. The van der Waals surface area contributed by atoms with E-state index in [2.05, 4.69) is 10.3 Å². The van der Waals surface area contributed by atoms with E-state index in [0.29, 0.717) is 21.7 Å². The number of nitrogen functional groups attached to an aromatic ring is 1. The Balaban J connectivity index is 1.87.